The maximum Gasteiger partial charge on any atom is 0.191 e. The van der Waals surface area contributed by atoms with Crippen molar-refractivity contribution in [2.24, 2.45) is 0 Å². The Morgan fingerprint density at radius 2 is 2.00 bits per heavy atom. The molecule has 0 aliphatic carbocycles. The van der Waals surface area contributed by atoms with Gasteiger partial charge >= 0.3 is 0 Å². The smallest absolute Gasteiger partial charge is 0.191 e. The maximum atomic E-state index is 10.2. The van der Waals surface area contributed by atoms with Gasteiger partial charge in [0.2, 0.25) is 0 Å². The Labute approximate surface area is 141 Å². The highest BCUT2D eigenvalue weighted by atomic mass is 16.8. The summed E-state index contributed by atoms with van der Waals surface area (Å²) in [5.74, 6) is -0.825. The van der Waals surface area contributed by atoms with Crippen molar-refractivity contribution in [2.45, 2.75) is 56.4 Å². The molecule has 2 N–H and O–H groups in total. The van der Waals surface area contributed by atoms with Crippen LogP contribution in [-0.4, -0.2) is 52.8 Å². The van der Waals surface area contributed by atoms with Crippen LogP contribution in [0.25, 0.3) is 0 Å². The van der Waals surface area contributed by atoms with Gasteiger partial charge in [-0.1, -0.05) is 36.4 Å². The molecule has 0 radical (unpaired) electrons. The molecule has 3 rings (SSSR count). The van der Waals surface area contributed by atoms with E-state index in [0.717, 1.165) is 5.56 Å². The summed E-state index contributed by atoms with van der Waals surface area (Å²) in [6, 6.07) is 9.66. The van der Waals surface area contributed by atoms with Crippen LogP contribution >= 0.6 is 0 Å². The second-order valence-electron chi connectivity index (χ2n) is 6.56. The number of fused-ring (bicyclic) bond motifs is 1. The highest BCUT2D eigenvalue weighted by Crippen LogP contribution is 2.46. The zero-order valence-corrected chi connectivity index (χ0v) is 13.9. The first kappa shape index (κ1) is 17.5. The summed E-state index contributed by atoms with van der Waals surface area (Å²) in [6.45, 7) is 7.28. The molecule has 6 nitrogen and oxygen atoms in total. The summed E-state index contributed by atoms with van der Waals surface area (Å²) in [5, 5.41) is 19.6. The van der Waals surface area contributed by atoms with Crippen molar-refractivity contribution in [2.75, 3.05) is 6.61 Å². The zero-order valence-electron chi connectivity index (χ0n) is 13.9. The molecule has 1 unspecified atom stereocenters. The third-order valence-electron chi connectivity index (χ3n) is 4.42. The number of hydrogen-bond donors (Lipinski definition) is 2. The second kappa shape index (κ2) is 6.55. The Kier molecular flexibility index (Phi) is 4.79. The van der Waals surface area contributed by atoms with Crippen LogP contribution in [0.3, 0.4) is 0 Å². The summed E-state index contributed by atoms with van der Waals surface area (Å²) in [6.07, 6.45) is -1.68. The molecule has 2 aliphatic heterocycles. The highest BCUT2D eigenvalue weighted by Gasteiger charge is 2.64. The average Bonchev–Trinajstić information content (AvgIpc) is 3.04. The van der Waals surface area contributed by atoms with E-state index in [0.29, 0.717) is 0 Å². The normalized spacial score (nSPS) is 35.6. The van der Waals surface area contributed by atoms with Crippen molar-refractivity contribution >= 4 is 0 Å². The summed E-state index contributed by atoms with van der Waals surface area (Å²) >= 11 is 0. The molecule has 0 spiro atoms. The number of ether oxygens (including phenoxy) is 4. The molecular formula is C18H24O6. The van der Waals surface area contributed by atoms with Crippen LogP contribution in [0.2, 0.25) is 0 Å². The SMILES string of the molecule is C=C[C@@]1(OCc2ccccc2)[C@@H](C(O)CO)O[C@@H]2OC(C)(C)O[C@@H]21. The van der Waals surface area contributed by atoms with E-state index in [9.17, 15) is 10.2 Å². The predicted molar refractivity (Wildman–Crippen MR) is 85.9 cm³/mol. The summed E-state index contributed by atoms with van der Waals surface area (Å²) < 4.78 is 23.7. The van der Waals surface area contributed by atoms with E-state index >= 15 is 0 Å². The molecule has 2 fully saturated rings. The van der Waals surface area contributed by atoms with Crippen LogP contribution in [-0.2, 0) is 25.6 Å². The summed E-state index contributed by atoms with van der Waals surface area (Å²) in [4.78, 5) is 0. The lowest BCUT2D eigenvalue weighted by atomic mass is 9.89. The Morgan fingerprint density at radius 3 is 2.62 bits per heavy atom. The standard InChI is InChI=1S/C18H24O6/c1-4-18(21-11-12-8-6-5-7-9-12)14(13(20)10-19)22-16-15(18)23-17(2,3)24-16/h4-9,13-16,19-20H,1,10-11H2,2-3H3/t13?,14-,15+,16-,18-/m1/s1. The third-order valence-corrected chi connectivity index (χ3v) is 4.42. The van der Waals surface area contributed by atoms with Crippen LogP contribution in [0.15, 0.2) is 43.0 Å². The van der Waals surface area contributed by atoms with Gasteiger partial charge in [0.25, 0.3) is 0 Å². The van der Waals surface area contributed by atoms with Gasteiger partial charge in [0.1, 0.15) is 23.9 Å². The van der Waals surface area contributed by atoms with Gasteiger partial charge in [-0.15, -0.1) is 6.58 Å². The Balaban J connectivity index is 1.88. The van der Waals surface area contributed by atoms with E-state index in [-0.39, 0.29) is 6.61 Å². The Morgan fingerprint density at radius 1 is 1.29 bits per heavy atom. The summed E-state index contributed by atoms with van der Waals surface area (Å²) in [5.41, 5.74) is -0.159. The van der Waals surface area contributed by atoms with Crippen LogP contribution in [0.4, 0.5) is 0 Å². The maximum absolute atomic E-state index is 10.2. The second-order valence-corrected chi connectivity index (χ2v) is 6.56. The molecule has 2 saturated heterocycles. The molecule has 0 saturated carbocycles. The van der Waals surface area contributed by atoms with Gasteiger partial charge in [0.05, 0.1) is 13.2 Å². The lowest BCUT2D eigenvalue weighted by Gasteiger charge is -2.37. The van der Waals surface area contributed by atoms with Crippen molar-refractivity contribution in [1.82, 2.24) is 0 Å². The largest absolute Gasteiger partial charge is 0.394 e. The number of hydrogen-bond acceptors (Lipinski definition) is 6. The Hall–Kier alpha value is -1.28. The van der Waals surface area contributed by atoms with E-state index in [4.69, 9.17) is 18.9 Å². The topological polar surface area (TPSA) is 77.4 Å². The lowest BCUT2D eigenvalue weighted by molar-refractivity contribution is -0.244. The van der Waals surface area contributed by atoms with Crippen LogP contribution in [0.5, 0.6) is 0 Å². The van der Waals surface area contributed by atoms with Crippen molar-refractivity contribution in [3.63, 3.8) is 0 Å². The number of rotatable bonds is 6. The first-order valence-corrected chi connectivity index (χ1v) is 8.03. The van der Waals surface area contributed by atoms with E-state index in [1.54, 1.807) is 19.9 Å². The highest BCUT2D eigenvalue weighted by molar-refractivity contribution is 5.19. The molecule has 132 valence electrons. The van der Waals surface area contributed by atoms with Gasteiger partial charge in [-0.3, -0.25) is 0 Å². The van der Waals surface area contributed by atoms with Crippen molar-refractivity contribution in [1.29, 1.82) is 0 Å². The van der Waals surface area contributed by atoms with E-state index in [2.05, 4.69) is 6.58 Å². The molecule has 2 aliphatic rings. The fraction of sp³-hybridized carbons (Fsp3) is 0.556. The minimum atomic E-state index is -1.14. The molecule has 0 aromatic heterocycles. The average molecular weight is 336 g/mol. The van der Waals surface area contributed by atoms with Crippen LogP contribution in [0.1, 0.15) is 19.4 Å². The number of aliphatic hydroxyl groups is 2. The fourth-order valence-electron chi connectivity index (χ4n) is 3.27. The van der Waals surface area contributed by atoms with Gasteiger partial charge in [0, 0.05) is 0 Å². The van der Waals surface area contributed by atoms with E-state index in [1.165, 1.54) is 0 Å². The molecule has 0 amide bonds. The molecule has 1 aromatic carbocycles. The lowest BCUT2D eigenvalue weighted by Crippen LogP contribution is -2.54. The van der Waals surface area contributed by atoms with Gasteiger partial charge in [-0.25, -0.2) is 0 Å². The van der Waals surface area contributed by atoms with Gasteiger partial charge in [-0.2, -0.15) is 0 Å². The zero-order chi connectivity index (χ0) is 17.4. The van der Waals surface area contributed by atoms with Crippen molar-refractivity contribution in [3.05, 3.63) is 48.6 Å². The molecule has 1 aromatic rings. The summed E-state index contributed by atoms with van der Waals surface area (Å²) in [7, 11) is 0. The van der Waals surface area contributed by atoms with Gasteiger partial charge in [0.15, 0.2) is 12.1 Å². The van der Waals surface area contributed by atoms with Crippen molar-refractivity contribution in [3.8, 4) is 0 Å². The number of aliphatic hydroxyl groups excluding tert-OH is 2. The van der Waals surface area contributed by atoms with Crippen LogP contribution < -0.4 is 0 Å². The van der Waals surface area contributed by atoms with Gasteiger partial charge in [-0.05, 0) is 19.4 Å². The van der Waals surface area contributed by atoms with E-state index < -0.39 is 42.6 Å². The first-order valence-electron chi connectivity index (χ1n) is 8.03. The monoisotopic (exact) mass is 336 g/mol. The minimum Gasteiger partial charge on any atom is -0.394 e. The predicted octanol–water partition coefficient (Wildman–Crippen LogP) is 1.36. The molecule has 5 atom stereocenters. The minimum absolute atomic E-state index is 0.290. The van der Waals surface area contributed by atoms with Crippen LogP contribution in [0, 0.1) is 0 Å². The molecule has 0 bridgehead atoms. The molecular weight excluding hydrogens is 312 g/mol. The third kappa shape index (κ3) is 3.01. The fourth-order valence-corrected chi connectivity index (χ4v) is 3.27. The quantitative estimate of drug-likeness (QED) is 0.764. The Bertz CT molecular complexity index is 574. The molecule has 2 heterocycles. The molecule has 24 heavy (non-hydrogen) atoms. The van der Waals surface area contributed by atoms with E-state index in [1.807, 2.05) is 30.3 Å². The first-order chi connectivity index (χ1) is 11.4. The molecule has 6 heteroatoms. The van der Waals surface area contributed by atoms with Gasteiger partial charge < -0.3 is 29.2 Å². The number of benzene rings is 1. The van der Waals surface area contributed by atoms with Crippen molar-refractivity contribution < 1.29 is 29.2 Å².